The van der Waals surface area contributed by atoms with E-state index in [2.05, 4.69) is 4.98 Å². The SMILES string of the molecule is COc1cc(/C=C2/CCCN(C(C)c3ccc(F)cc3)C2=O)ccc1-n1cnc(C)c1. The Hall–Kier alpha value is -3.41. The van der Waals surface area contributed by atoms with Crippen LogP contribution in [0.25, 0.3) is 11.8 Å². The monoisotopic (exact) mass is 419 g/mol. The van der Waals surface area contributed by atoms with Crippen LogP contribution in [0.1, 0.15) is 42.6 Å². The van der Waals surface area contributed by atoms with Crippen molar-refractivity contribution < 1.29 is 13.9 Å². The lowest BCUT2D eigenvalue weighted by molar-refractivity contribution is -0.130. The van der Waals surface area contributed by atoms with Gasteiger partial charge in [-0.1, -0.05) is 18.2 Å². The number of ether oxygens (including phenoxy) is 1. The predicted octanol–water partition coefficient (Wildman–Crippen LogP) is 5.10. The van der Waals surface area contributed by atoms with Crippen LogP contribution >= 0.6 is 0 Å². The van der Waals surface area contributed by atoms with Gasteiger partial charge in [-0.2, -0.15) is 0 Å². The number of carbonyl (C=O) groups excluding carboxylic acids is 1. The molecule has 1 unspecified atom stereocenters. The Bertz CT molecular complexity index is 1120. The van der Waals surface area contributed by atoms with Crippen molar-refractivity contribution in [1.29, 1.82) is 0 Å². The van der Waals surface area contributed by atoms with E-state index < -0.39 is 0 Å². The molecule has 0 aliphatic carbocycles. The molecule has 1 atom stereocenters. The van der Waals surface area contributed by atoms with Crippen molar-refractivity contribution in [2.45, 2.75) is 32.7 Å². The molecular weight excluding hydrogens is 393 g/mol. The number of halogens is 1. The molecule has 3 aromatic rings. The number of benzene rings is 2. The van der Waals surface area contributed by atoms with Crippen LogP contribution in [-0.4, -0.2) is 34.0 Å². The van der Waals surface area contributed by atoms with Crippen LogP contribution in [0.2, 0.25) is 0 Å². The van der Waals surface area contributed by atoms with E-state index in [1.165, 1.54) is 12.1 Å². The molecule has 1 fully saturated rings. The molecule has 0 radical (unpaired) electrons. The van der Waals surface area contributed by atoms with Crippen molar-refractivity contribution in [3.8, 4) is 11.4 Å². The molecule has 5 nitrogen and oxygen atoms in total. The lowest BCUT2D eigenvalue weighted by atomic mass is 9.97. The van der Waals surface area contributed by atoms with E-state index in [1.807, 2.05) is 53.8 Å². The predicted molar refractivity (Wildman–Crippen MR) is 119 cm³/mol. The smallest absolute Gasteiger partial charge is 0.250 e. The van der Waals surface area contributed by atoms with Crippen molar-refractivity contribution in [2.24, 2.45) is 0 Å². The Labute approximate surface area is 181 Å². The van der Waals surface area contributed by atoms with Crippen LogP contribution in [-0.2, 0) is 4.79 Å². The highest BCUT2D eigenvalue weighted by Crippen LogP contribution is 2.30. The molecule has 1 aromatic heterocycles. The van der Waals surface area contributed by atoms with E-state index in [1.54, 1.807) is 25.6 Å². The zero-order valence-electron chi connectivity index (χ0n) is 18.0. The average molecular weight is 420 g/mol. The fourth-order valence-corrected chi connectivity index (χ4v) is 4.01. The average Bonchev–Trinajstić information content (AvgIpc) is 3.21. The summed E-state index contributed by atoms with van der Waals surface area (Å²) in [5.41, 5.74) is 4.44. The highest BCUT2D eigenvalue weighted by Gasteiger charge is 2.28. The number of hydrogen-bond acceptors (Lipinski definition) is 3. The summed E-state index contributed by atoms with van der Waals surface area (Å²) in [5, 5.41) is 0. The molecule has 6 heteroatoms. The van der Waals surface area contributed by atoms with Crippen molar-refractivity contribution in [3.05, 3.63) is 83.2 Å². The number of aromatic nitrogens is 2. The Morgan fingerprint density at radius 3 is 2.65 bits per heavy atom. The maximum atomic E-state index is 13.3. The first-order valence-electron chi connectivity index (χ1n) is 10.4. The van der Waals surface area contributed by atoms with Gasteiger partial charge in [0.1, 0.15) is 11.6 Å². The number of aryl methyl sites for hydroxylation is 1. The number of likely N-dealkylation sites (tertiary alicyclic amines) is 1. The van der Waals surface area contributed by atoms with E-state index in [-0.39, 0.29) is 17.8 Å². The fourth-order valence-electron chi connectivity index (χ4n) is 4.01. The highest BCUT2D eigenvalue weighted by molar-refractivity contribution is 5.98. The van der Waals surface area contributed by atoms with Gasteiger partial charge in [-0.05, 0) is 68.2 Å². The minimum absolute atomic E-state index is 0.0244. The van der Waals surface area contributed by atoms with Crippen LogP contribution in [0.3, 0.4) is 0 Å². The van der Waals surface area contributed by atoms with Gasteiger partial charge in [0, 0.05) is 18.3 Å². The van der Waals surface area contributed by atoms with Gasteiger partial charge in [0.05, 0.1) is 30.9 Å². The quantitative estimate of drug-likeness (QED) is 0.541. The summed E-state index contributed by atoms with van der Waals surface area (Å²) < 4.78 is 20.8. The topological polar surface area (TPSA) is 47.4 Å². The summed E-state index contributed by atoms with van der Waals surface area (Å²) in [6.45, 7) is 4.62. The molecule has 1 saturated heterocycles. The third kappa shape index (κ3) is 4.38. The van der Waals surface area contributed by atoms with Crippen LogP contribution in [0.5, 0.6) is 5.75 Å². The third-order valence-corrected chi connectivity index (χ3v) is 5.74. The second kappa shape index (κ2) is 8.76. The lowest BCUT2D eigenvalue weighted by Gasteiger charge is -2.34. The molecule has 0 N–H and O–H groups in total. The molecule has 1 amide bonds. The Morgan fingerprint density at radius 1 is 1.19 bits per heavy atom. The molecule has 2 aromatic carbocycles. The number of methoxy groups -OCH3 is 1. The van der Waals surface area contributed by atoms with Gasteiger partial charge in [-0.25, -0.2) is 9.37 Å². The van der Waals surface area contributed by atoms with Gasteiger partial charge in [-0.3, -0.25) is 4.79 Å². The van der Waals surface area contributed by atoms with Crippen LogP contribution in [0.15, 0.2) is 60.6 Å². The number of rotatable bonds is 5. The lowest BCUT2D eigenvalue weighted by Crippen LogP contribution is -2.38. The number of hydrogen-bond donors (Lipinski definition) is 0. The van der Waals surface area contributed by atoms with Gasteiger partial charge in [0.2, 0.25) is 5.91 Å². The summed E-state index contributed by atoms with van der Waals surface area (Å²) in [5.74, 6) is 0.465. The Morgan fingerprint density at radius 2 is 1.97 bits per heavy atom. The number of imidazole rings is 1. The number of carbonyl (C=O) groups is 1. The number of amides is 1. The summed E-state index contributed by atoms with van der Waals surface area (Å²) in [6.07, 6.45) is 7.26. The zero-order valence-corrected chi connectivity index (χ0v) is 18.0. The van der Waals surface area contributed by atoms with Gasteiger partial charge >= 0.3 is 0 Å². The molecule has 31 heavy (non-hydrogen) atoms. The standard InChI is InChI=1S/C25H26FN3O2/c1-17-15-28(16-27-17)23-11-6-19(14-24(23)31-3)13-21-5-4-12-29(25(21)30)18(2)20-7-9-22(26)10-8-20/h6-11,13-16,18H,4-5,12H2,1-3H3/b21-13-. The molecule has 160 valence electrons. The molecule has 0 bridgehead atoms. The summed E-state index contributed by atoms with van der Waals surface area (Å²) in [4.78, 5) is 19.3. The third-order valence-electron chi connectivity index (χ3n) is 5.74. The van der Waals surface area contributed by atoms with E-state index in [9.17, 15) is 9.18 Å². The molecule has 1 aliphatic rings. The minimum Gasteiger partial charge on any atom is -0.495 e. The zero-order chi connectivity index (χ0) is 22.0. The fraction of sp³-hybridized carbons (Fsp3) is 0.280. The van der Waals surface area contributed by atoms with E-state index in [4.69, 9.17) is 4.74 Å². The van der Waals surface area contributed by atoms with Crippen LogP contribution in [0.4, 0.5) is 4.39 Å². The molecule has 1 aliphatic heterocycles. The first-order valence-corrected chi connectivity index (χ1v) is 10.4. The first kappa shape index (κ1) is 20.8. The van der Waals surface area contributed by atoms with Crippen LogP contribution in [0, 0.1) is 12.7 Å². The van der Waals surface area contributed by atoms with E-state index in [0.717, 1.165) is 40.9 Å². The summed E-state index contributed by atoms with van der Waals surface area (Å²) in [6, 6.07) is 12.1. The van der Waals surface area contributed by atoms with Crippen molar-refractivity contribution in [1.82, 2.24) is 14.5 Å². The normalized spacial score (nSPS) is 16.6. The van der Waals surface area contributed by atoms with Gasteiger partial charge in [0.25, 0.3) is 0 Å². The van der Waals surface area contributed by atoms with Crippen molar-refractivity contribution >= 4 is 12.0 Å². The number of piperidine rings is 1. The van der Waals surface area contributed by atoms with Crippen LogP contribution < -0.4 is 4.74 Å². The maximum absolute atomic E-state index is 13.3. The highest BCUT2D eigenvalue weighted by atomic mass is 19.1. The molecule has 0 saturated carbocycles. The Kier molecular flexibility index (Phi) is 5.89. The second-order valence-corrected chi connectivity index (χ2v) is 7.85. The summed E-state index contributed by atoms with van der Waals surface area (Å²) in [7, 11) is 1.64. The minimum atomic E-state index is -0.273. The largest absolute Gasteiger partial charge is 0.495 e. The Balaban J connectivity index is 1.59. The van der Waals surface area contributed by atoms with Gasteiger partial charge in [0.15, 0.2) is 0 Å². The number of nitrogens with zero attached hydrogens (tertiary/aromatic N) is 3. The molecular formula is C25H26FN3O2. The second-order valence-electron chi connectivity index (χ2n) is 7.85. The van der Waals surface area contributed by atoms with E-state index in [0.29, 0.717) is 12.3 Å². The maximum Gasteiger partial charge on any atom is 0.250 e. The van der Waals surface area contributed by atoms with E-state index >= 15 is 0 Å². The van der Waals surface area contributed by atoms with Crippen molar-refractivity contribution in [3.63, 3.8) is 0 Å². The van der Waals surface area contributed by atoms with Crippen molar-refractivity contribution in [2.75, 3.05) is 13.7 Å². The van der Waals surface area contributed by atoms with Gasteiger partial charge in [-0.15, -0.1) is 0 Å². The molecule has 2 heterocycles. The molecule has 4 rings (SSSR count). The molecule has 0 spiro atoms. The summed E-state index contributed by atoms with van der Waals surface area (Å²) >= 11 is 0. The van der Waals surface area contributed by atoms with Gasteiger partial charge < -0.3 is 14.2 Å². The first-order chi connectivity index (χ1) is 15.0.